The zero-order chi connectivity index (χ0) is 17.1. The fourth-order valence-electron chi connectivity index (χ4n) is 2.65. The SMILES string of the molecule is COc1ccccc1Oc1ccc(N[C@H]2CCN(C)C2=O)cc1F. The van der Waals surface area contributed by atoms with Gasteiger partial charge in [-0.3, -0.25) is 4.79 Å². The summed E-state index contributed by atoms with van der Waals surface area (Å²) >= 11 is 0. The van der Waals surface area contributed by atoms with Crippen LogP contribution in [0.3, 0.4) is 0 Å². The third-order valence-electron chi connectivity index (χ3n) is 3.99. The van der Waals surface area contributed by atoms with Crippen molar-refractivity contribution in [2.24, 2.45) is 0 Å². The van der Waals surface area contributed by atoms with Gasteiger partial charge in [0.25, 0.3) is 0 Å². The van der Waals surface area contributed by atoms with E-state index in [0.717, 1.165) is 0 Å². The monoisotopic (exact) mass is 330 g/mol. The van der Waals surface area contributed by atoms with E-state index in [1.807, 2.05) is 6.07 Å². The van der Waals surface area contributed by atoms with Crippen molar-refractivity contribution in [1.29, 1.82) is 0 Å². The van der Waals surface area contributed by atoms with Gasteiger partial charge in [-0.2, -0.15) is 0 Å². The summed E-state index contributed by atoms with van der Waals surface area (Å²) in [6, 6.07) is 11.3. The van der Waals surface area contributed by atoms with Crippen LogP contribution in [0.25, 0.3) is 0 Å². The minimum atomic E-state index is -0.510. The molecule has 1 aliphatic rings. The first-order valence-electron chi connectivity index (χ1n) is 7.70. The van der Waals surface area contributed by atoms with E-state index in [2.05, 4.69) is 5.32 Å². The van der Waals surface area contributed by atoms with Crippen LogP contribution in [-0.4, -0.2) is 37.6 Å². The first kappa shape index (κ1) is 16.1. The smallest absolute Gasteiger partial charge is 0.244 e. The maximum atomic E-state index is 14.3. The lowest BCUT2D eigenvalue weighted by molar-refractivity contribution is -0.127. The summed E-state index contributed by atoms with van der Waals surface area (Å²) < 4.78 is 25.1. The molecule has 0 aliphatic carbocycles. The average Bonchev–Trinajstić information content (AvgIpc) is 2.90. The number of para-hydroxylation sites is 2. The zero-order valence-electron chi connectivity index (χ0n) is 13.6. The molecule has 0 unspecified atom stereocenters. The number of rotatable bonds is 5. The van der Waals surface area contributed by atoms with Gasteiger partial charge in [0, 0.05) is 25.3 Å². The average molecular weight is 330 g/mol. The summed E-state index contributed by atoms with van der Waals surface area (Å²) in [5.41, 5.74) is 0.550. The van der Waals surface area contributed by atoms with Gasteiger partial charge in [0.1, 0.15) is 6.04 Å². The summed E-state index contributed by atoms with van der Waals surface area (Å²) in [5.74, 6) is 0.570. The lowest BCUT2D eigenvalue weighted by Gasteiger charge is -2.15. The second kappa shape index (κ2) is 6.78. The maximum Gasteiger partial charge on any atom is 0.244 e. The van der Waals surface area contributed by atoms with Gasteiger partial charge in [0.2, 0.25) is 5.91 Å². The van der Waals surface area contributed by atoms with E-state index in [1.54, 1.807) is 36.2 Å². The number of likely N-dealkylation sites (N-methyl/N-ethyl adjacent to an activating group) is 1. The first-order chi connectivity index (χ1) is 11.6. The minimum absolute atomic E-state index is 0.0183. The normalized spacial score (nSPS) is 17.0. The molecule has 1 N–H and O–H groups in total. The highest BCUT2D eigenvalue weighted by Gasteiger charge is 2.28. The van der Waals surface area contributed by atoms with Crippen LogP contribution in [0.2, 0.25) is 0 Å². The number of anilines is 1. The Morgan fingerprint density at radius 3 is 2.54 bits per heavy atom. The number of halogens is 1. The highest BCUT2D eigenvalue weighted by Crippen LogP contribution is 2.33. The number of nitrogens with zero attached hydrogens (tertiary/aromatic N) is 1. The predicted octanol–water partition coefficient (Wildman–Crippen LogP) is 3.27. The predicted molar refractivity (Wildman–Crippen MR) is 89.1 cm³/mol. The molecule has 1 heterocycles. The molecular weight excluding hydrogens is 311 g/mol. The largest absolute Gasteiger partial charge is 0.493 e. The van der Waals surface area contributed by atoms with Gasteiger partial charge in [0.15, 0.2) is 23.1 Å². The quantitative estimate of drug-likeness (QED) is 0.914. The number of nitrogens with one attached hydrogen (secondary N) is 1. The summed E-state index contributed by atoms with van der Waals surface area (Å²) in [5, 5.41) is 3.06. The number of hydrogen-bond acceptors (Lipinski definition) is 4. The summed E-state index contributed by atoms with van der Waals surface area (Å²) in [6.07, 6.45) is 0.705. The molecule has 126 valence electrons. The van der Waals surface area contributed by atoms with Crippen molar-refractivity contribution in [3.63, 3.8) is 0 Å². The Morgan fingerprint density at radius 1 is 1.17 bits per heavy atom. The number of methoxy groups -OCH3 is 1. The van der Waals surface area contributed by atoms with Gasteiger partial charge in [-0.05, 0) is 30.7 Å². The standard InChI is InChI=1S/C18H19FN2O3/c1-21-10-9-14(18(21)22)20-12-7-8-15(13(19)11-12)24-17-6-4-3-5-16(17)23-2/h3-8,11,14,20H,9-10H2,1-2H3/t14-/m0/s1. The van der Waals surface area contributed by atoms with Crippen molar-refractivity contribution in [2.75, 3.05) is 26.0 Å². The Balaban J connectivity index is 1.74. The molecule has 0 aromatic heterocycles. The second-order valence-corrected chi connectivity index (χ2v) is 5.64. The minimum Gasteiger partial charge on any atom is -0.493 e. The Hall–Kier alpha value is -2.76. The van der Waals surface area contributed by atoms with Gasteiger partial charge < -0.3 is 19.7 Å². The maximum absolute atomic E-state index is 14.3. The van der Waals surface area contributed by atoms with Crippen LogP contribution in [0.5, 0.6) is 17.2 Å². The molecule has 2 aromatic carbocycles. The lowest BCUT2D eigenvalue weighted by atomic mass is 10.2. The van der Waals surface area contributed by atoms with E-state index in [9.17, 15) is 9.18 Å². The van der Waals surface area contributed by atoms with Crippen LogP contribution < -0.4 is 14.8 Å². The fourth-order valence-corrected chi connectivity index (χ4v) is 2.65. The molecule has 24 heavy (non-hydrogen) atoms. The number of likely N-dealkylation sites (tertiary alicyclic amines) is 1. The van der Waals surface area contributed by atoms with Gasteiger partial charge in [-0.1, -0.05) is 12.1 Å². The Bertz CT molecular complexity index is 751. The third-order valence-corrected chi connectivity index (χ3v) is 3.99. The molecule has 0 spiro atoms. The first-order valence-corrected chi connectivity index (χ1v) is 7.70. The topological polar surface area (TPSA) is 50.8 Å². The molecule has 1 atom stereocenters. The van der Waals surface area contributed by atoms with Crippen LogP contribution in [-0.2, 0) is 4.79 Å². The third kappa shape index (κ3) is 3.27. The second-order valence-electron chi connectivity index (χ2n) is 5.64. The fraction of sp³-hybridized carbons (Fsp3) is 0.278. The highest BCUT2D eigenvalue weighted by atomic mass is 19.1. The lowest BCUT2D eigenvalue weighted by Crippen LogP contribution is -2.30. The molecule has 2 aromatic rings. The number of benzene rings is 2. The van der Waals surface area contributed by atoms with E-state index in [1.165, 1.54) is 19.2 Å². The Kier molecular flexibility index (Phi) is 4.55. The number of carbonyl (C=O) groups excluding carboxylic acids is 1. The Labute approximate surface area is 140 Å². The van der Waals surface area contributed by atoms with Gasteiger partial charge in [-0.25, -0.2) is 4.39 Å². The van der Waals surface area contributed by atoms with E-state index < -0.39 is 5.82 Å². The number of hydrogen-bond donors (Lipinski definition) is 1. The number of carbonyl (C=O) groups is 1. The van der Waals surface area contributed by atoms with E-state index in [4.69, 9.17) is 9.47 Å². The van der Waals surface area contributed by atoms with Gasteiger partial charge >= 0.3 is 0 Å². The molecule has 0 bridgehead atoms. The summed E-state index contributed by atoms with van der Waals surface area (Å²) in [4.78, 5) is 13.6. The van der Waals surface area contributed by atoms with Gasteiger partial charge in [-0.15, -0.1) is 0 Å². The Morgan fingerprint density at radius 2 is 1.92 bits per heavy atom. The van der Waals surface area contributed by atoms with Crippen molar-refractivity contribution >= 4 is 11.6 Å². The van der Waals surface area contributed by atoms with Crippen LogP contribution in [0.1, 0.15) is 6.42 Å². The van der Waals surface area contributed by atoms with Crippen molar-refractivity contribution in [2.45, 2.75) is 12.5 Å². The summed E-state index contributed by atoms with van der Waals surface area (Å²) in [7, 11) is 3.29. The molecular formula is C18H19FN2O3. The van der Waals surface area contributed by atoms with Crippen molar-refractivity contribution in [3.8, 4) is 17.2 Å². The number of amides is 1. The van der Waals surface area contributed by atoms with Crippen LogP contribution in [0, 0.1) is 5.82 Å². The van der Waals surface area contributed by atoms with E-state index in [0.29, 0.717) is 30.2 Å². The molecule has 1 saturated heterocycles. The van der Waals surface area contributed by atoms with E-state index in [-0.39, 0.29) is 17.7 Å². The van der Waals surface area contributed by atoms with Crippen molar-refractivity contribution < 1.29 is 18.7 Å². The molecule has 5 nitrogen and oxygen atoms in total. The highest BCUT2D eigenvalue weighted by molar-refractivity contribution is 5.86. The molecule has 1 amide bonds. The van der Waals surface area contributed by atoms with E-state index >= 15 is 0 Å². The van der Waals surface area contributed by atoms with Gasteiger partial charge in [0.05, 0.1) is 7.11 Å². The van der Waals surface area contributed by atoms with Crippen LogP contribution in [0.4, 0.5) is 10.1 Å². The molecule has 3 rings (SSSR count). The van der Waals surface area contributed by atoms with Crippen LogP contribution in [0.15, 0.2) is 42.5 Å². The molecule has 1 fully saturated rings. The zero-order valence-corrected chi connectivity index (χ0v) is 13.6. The number of ether oxygens (including phenoxy) is 2. The van der Waals surface area contributed by atoms with Crippen LogP contribution >= 0.6 is 0 Å². The van der Waals surface area contributed by atoms with Crippen molar-refractivity contribution in [1.82, 2.24) is 4.90 Å². The summed E-state index contributed by atoms with van der Waals surface area (Å²) in [6.45, 7) is 0.702. The van der Waals surface area contributed by atoms with Crippen molar-refractivity contribution in [3.05, 3.63) is 48.3 Å². The molecule has 6 heteroatoms. The molecule has 0 saturated carbocycles. The molecule has 1 aliphatic heterocycles. The molecule has 0 radical (unpaired) electrons.